The van der Waals surface area contributed by atoms with Gasteiger partial charge in [-0.25, -0.2) is 13.3 Å². The van der Waals surface area contributed by atoms with Gasteiger partial charge in [-0.3, -0.25) is 0 Å². The molecule has 0 N–H and O–H groups in total. The molecule has 0 aliphatic carbocycles. The van der Waals surface area contributed by atoms with Crippen LogP contribution in [-0.4, -0.2) is 50.6 Å². The minimum Gasteiger partial charge on any atom is -0.748 e. The molecule has 0 aromatic carbocycles. The molecule has 18 heavy (non-hydrogen) atoms. The van der Waals surface area contributed by atoms with Crippen LogP contribution < -0.4 is 0 Å². The van der Waals surface area contributed by atoms with Gasteiger partial charge in [-0.05, 0) is 12.8 Å². The molecule has 0 saturated heterocycles. The summed E-state index contributed by atoms with van der Waals surface area (Å²) in [5.74, 6) is -0.274. The van der Waals surface area contributed by atoms with Crippen LogP contribution in [0.2, 0.25) is 0 Å². The van der Waals surface area contributed by atoms with Crippen molar-refractivity contribution in [2.24, 2.45) is 0 Å². The first-order valence-electron chi connectivity index (χ1n) is 6.68. The largest absolute Gasteiger partial charge is 0.748 e. The number of hydrogen-bond donors (Lipinski definition) is 0. The van der Waals surface area contributed by atoms with Crippen LogP contribution in [0.25, 0.3) is 0 Å². The summed E-state index contributed by atoms with van der Waals surface area (Å²) in [6.07, 6.45) is 5.78. The first-order valence-corrected chi connectivity index (χ1v) is 8.26. The van der Waals surface area contributed by atoms with Gasteiger partial charge in [0, 0.05) is 12.2 Å². The van der Waals surface area contributed by atoms with Crippen molar-refractivity contribution >= 4 is 10.1 Å². The summed E-state index contributed by atoms with van der Waals surface area (Å²) in [4.78, 5) is 5.72. The van der Waals surface area contributed by atoms with E-state index in [1.807, 2.05) is 14.1 Å². The summed E-state index contributed by atoms with van der Waals surface area (Å²) in [7, 11) is -0.167. The maximum Gasteiger partial charge on any atom is 0.108 e. The number of nitrogens with zero attached hydrogens (tertiary/aromatic N) is 1. The van der Waals surface area contributed by atoms with Gasteiger partial charge in [-0.1, -0.05) is 26.2 Å². The smallest absolute Gasteiger partial charge is 0.108 e. The van der Waals surface area contributed by atoms with Gasteiger partial charge < -0.3 is 4.55 Å². The Kier molecular flexibility index (Phi) is 8.77. The second kappa shape index (κ2) is 8.85. The molecule has 0 aliphatic heterocycles. The van der Waals surface area contributed by atoms with E-state index in [1.54, 1.807) is 0 Å². The maximum absolute atomic E-state index is 10.4. The maximum atomic E-state index is 10.4. The average Bonchev–Trinajstić information content (AvgIpc) is 2.23. The lowest BCUT2D eigenvalue weighted by atomic mass is 10.2. The van der Waals surface area contributed by atoms with Crippen molar-refractivity contribution in [2.75, 3.05) is 33.0 Å². The van der Waals surface area contributed by atoms with Gasteiger partial charge in [0.05, 0.1) is 24.2 Å². The van der Waals surface area contributed by atoms with E-state index in [-0.39, 0.29) is 5.75 Å². The summed E-state index contributed by atoms with van der Waals surface area (Å²) in [5, 5.41) is 0. The second-order valence-electron chi connectivity index (χ2n) is 5.16. The Balaban J connectivity index is 3.60. The zero-order valence-electron chi connectivity index (χ0n) is 11.9. The highest BCUT2D eigenvalue weighted by molar-refractivity contribution is 7.85. The summed E-state index contributed by atoms with van der Waals surface area (Å²) in [6.45, 7) is 3.63. The molecule has 6 heteroatoms. The predicted octanol–water partition coefficient (Wildman–Crippen LogP) is 1.90. The summed E-state index contributed by atoms with van der Waals surface area (Å²) in [6, 6.07) is 0. The molecule has 0 heterocycles. The third-order valence-corrected chi connectivity index (χ3v) is 3.57. The summed E-state index contributed by atoms with van der Waals surface area (Å²) >= 11 is 0. The van der Waals surface area contributed by atoms with Crippen LogP contribution in [0.1, 0.15) is 45.4 Å². The Morgan fingerprint density at radius 1 is 1.06 bits per heavy atom. The molecular weight excluding hydrogens is 254 g/mol. The monoisotopic (exact) mass is 281 g/mol. The van der Waals surface area contributed by atoms with E-state index in [2.05, 4.69) is 6.92 Å². The van der Waals surface area contributed by atoms with Crippen molar-refractivity contribution in [2.45, 2.75) is 45.4 Å². The van der Waals surface area contributed by atoms with E-state index in [9.17, 15) is 13.0 Å². The normalized spacial score (nSPS) is 12.9. The van der Waals surface area contributed by atoms with Crippen LogP contribution in [0.5, 0.6) is 0 Å². The highest BCUT2D eigenvalue weighted by Crippen LogP contribution is 2.07. The molecule has 0 spiro atoms. The van der Waals surface area contributed by atoms with Crippen molar-refractivity contribution < 1.29 is 22.5 Å². The van der Waals surface area contributed by atoms with Gasteiger partial charge in [0.25, 0.3) is 0 Å². The van der Waals surface area contributed by atoms with Crippen molar-refractivity contribution in [3.8, 4) is 0 Å². The topological polar surface area (TPSA) is 66.4 Å². The third-order valence-electron chi connectivity index (χ3n) is 2.78. The third kappa shape index (κ3) is 12.3. The number of unbranched alkanes of at least 4 members (excludes halogenated alkanes) is 4. The molecule has 0 saturated carbocycles. The van der Waals surface area contributed by atoms with Crippen LogP contribution in [0.15, 0.2) is 0 Å². The fraction of sp³-hybridized carbons (Fsp3) is 1.00. The van der Waals surface area contributed by atoms with Crippen LogP contribution >= 0.6 is 0 Å². The van der Waals surface area contributed by atoms with Crippen LogP contribution in [0.3, 0.4) is 0 Å². The number of hydrogen-bond acceptors (Lipinski definition) is 4. The quantitative estimate of drug-likeness (QED) is 0.251. The highest BCUT2D eigenvalue weighted by Gasteiger charge is 2.15. The molecule has 0 unspecified atom stereocenters. The van der Waals surface area contributed by atoms with Gasteiger partial charge in [0.1, 0.15) is 13.2 Å². The van der Waals surface area contributed by atoms with Gasteiger partial charge in [0.15, 0.2) is 0 Å². The van der Waals surface area contributed by atoms with E-state index in [1.165, 1.54) is 19.3 Å². The van der Waals surface area contributed by atoms with E-state index >= 15 is 0 Å². The van der Waals surface area contributed by atoms with Crippen LogP contribution in [0, 0.1) is 0 Å². The second-order valence-corrected chi connectivity index (χ2v) is 6.68. The average molecular weight is 281 g/mol. The molecule has 0 atom stereocenters. The number of quaternary nitrogens is 1. The Morgan fingerprint density at radius 3 is 2.28 bits per heavy atom. The van der Waals surface area contributed by atoms with E-state index in [0.29, 0.717) is 17.5 Å². The van der Waals surface area contributed by atoms with Crippen molar-refractivity contribution in [3.63, 3.8) is 0 Å². The SMILES string of the molecule is CCCCCCO[N+](C)(C)CCCCS(=O)(=O)[O-]. The van der Waals surface area contributed by atoms with E-state index in [4.69, 9.17) is 4.84 Å². The first kappa shape index (κ1) is 17.8. The highest BCUT2D eigenvalue weighted by atomic mass is 32.2. The molecule has 0 aliphatic rings. The van der Waals surface area contributed by atoms with Gasteiger partial charge in [-0.2, -0.15) is 4.65 Å². The lowest BCUT2D eigenvalue weighted by molar-refractivity contribution is -1.08. The number of hydroxylamine groups is 3. The molecular formula is C12H27NO4S. The van der Waals surface area contributed by atoms with Crippen molar-refractivity contribution in [3.05, 3.63) is 0 Å². The summed E-state index contributed by atoms with van der Waals surface area (Å²) < 4.78 is 31.7. The minimum atomic E-state index is -4.07. The minimum absolute atomic E-state index is 0.274. The Hall–Kier alpha value is -0.170. The zero-order valence-corrected chi connectivity index (χ0v) is 12.7. The Morgan fingerprint density at radius 2 is 1.72 bits per heavy atom. The fourth-order valence-corrected chi connectivity index (χ4v) is 2.23. The van der Waals surface area contributed by atoms with Gasteiger partial charge in [0.2, 0.25) is 0 Å². The van der Waals surface area contributed by atoms with Crippen LogP contribution in [-0.2, 0) is 15.0 Å². The van der Waals surface area contributed by atoms with Crippen molar-refractivity contribution in [1.29, 1.82) is 0 Å². The first-order chi connectivity index (χ1) is 8.27. The molecule has 0 bridgehead atoms. The van der Waals surface area contributed by atoms with Gasteiger partial charge in [-0.15, -0.1) is 0 Å². The molecule has 0 aromatic rings. The zero-order chi connectivity index (χ0) is 14.1. The number of rotatable bonds is 11. The lowest BCUT2D eigenvalue weighted by Crippen LogP contribution is -2.40. The van der Waals surface area contributed by atoms with Crippen molar-refractivity contribution in [1.82, 2.24) is 0 Å². The molecule has 110 valence electrons. The lowest BCUT2D eigenvalue weighted by Gasteiger charge is -2.27. The molecule has 0 radical (unpaired) electrons. The predicted molar refractivity (Wildman–Crippen MR) is 70.9 cm³/mol. The van der Waals surface area contributed by atoms with E-state index < -0.39 is 10.1 Å². The molecule has 5 nitrogen and oxygen atoms in total. The summed E-state index contributed by atoms with van der Waals surface area (Å²) in [5.41, 5.74) is 0. The van der Waals surface area contributed by atoms with Crippen LogP contribution in [0.4, 0.5) is 0 Å². The Labute approximate surface area is 111 Å². The molecule has 0 amide bonds. The molecule has 0 aromatic heterocycles. The molecule has 0 fully saturated rings. The standard InChI is InChI=1S/C12H27NO4S/c1-4-5-6-8-11-17-13(2,3)10-7-9-12-18(14,15)16/h4-12H2,1-3H3. The Bertz CT molecular complexity index is 301. The fourth-order valence-electron chi connectivity index (χ4n) is 1.68. The van der Waals surface area contributed by atoms with E-state index in [0.717, 1.165) is 19.6 Å². The van der Waals surface area contributed by atoms with Gasteiger partial charge >= 0.3 is 0 Å². The molecule has 0 rings (SSSR count).